The molecule has 2 aliphatic rings. The summed E-state index contributed by atoms with van der Waals surface area (Å²) in [5.41, 5.74) is 5.52. The summed E-state index contributed by atoms with van der Waals surface area (Å²) in [6.45, 7) is 4.77. The van der Waals surface area contributed by atoms with E-state index in [1.807, 2.05) is 6.07 Å². The molecule has 0 amide bonds. The molecule has 3 aromatic rings. The van der Waals surface area contributed by atoms with Crippen molar-refractivity contribution in [2.24, 2.45) is 0 Å². The van der Waals surface area contributed by atoms with Gasteiger partial charge in [-0.25, -0.2) is 19.0 Å². The smallest absolute Gasteiger partial charge is 0.472 e. The minimum atomic E-state index is -4.75. The maximum Gasteiger partial charge on any atom is 0.472 e. The minimum Gasteiger partial charge on any atom is -0.486 e. The van der Waals surface area contributed by atoms with Crippen LogP contribution in [0, 0.1) is 22.7 Å². The highest BCUT2D eigenvalue weighted by atomic mass is 31.2. The fourth-order valence-electron chi connectivity index (χ4n) is 7.94. The molecule has 6 atom stereocenters. The molecule has 16 heteroatoms. The Bertz CT molecular complexity index is 1860. The van der Waals surface area contributed by atoms with Crippen molar-refractivity contribution < 1.29 is 37.5 Å². The second-order valence-corrected chi connectivity index (χ2v) is 17.8. The van der Waals surface area contributed by atoms with E-state index in [9.17, 15) is 14.7 Å². The van der Waals surface area contributed by atoms with Crippen LogP contribution in [0.15, 0.2) is 36.8 Å². The molecular formula is C43H64N7O8P. The van der Waals surface area contributed by atoms with Gasteiger partial charge < -0.3 is 29.6 Å². The average molecular weight is 838 g/mol. The van der Waals surface area contributed by atoms with Gasteiger partial charge in [-0.1, -0.05) is 116 Å². The predicted octanol–water partition coefficient (Wildman–Crippen LogP) is 9.44. The molecule has 0 aliphatic carbocycles. The van der Waals surface area contributed by atoms with E-state index in [-0.39, 0.29) is 18.1 Å². The van der Waals surface area contributed by atoms with Crippen molar-refractivity contribution >= 4 is 19.2 Å². The summed E-state index contributed by atoms with van der Waals surface area (Å²) in [6, 6.07) is 10.8. The van der Waals surface area contributed by atoms with Crippen LogP contribution in [-0.2, 0) is 27.8 Å². The lowest BCUT2D eigenvalue weighted by Crippen LogP contribution is -2.45. The number of hydrogen-bond acceptors (Lipinski definition) is 13. The van der Waals surface area contributed by atoms with Gasteiger partial charge in [-0.3, -0.25) is 9.05 Å². The number of ether oxygens (including phenoxy) is 4. The Morgan fingerprint density at radius 1 is 0.864 bits per heavy atom. The average Bonchev–Trinajstić information content (AvgIpc) is 3.89. The Labute approximate surface area is 349 Å². The van der Waals surface area contributed by atoms with E-state index in [1.165, 1.54) is 109 Å². The van der Waals surface area contributed by atoms with Crippen LogP contribution in [0.1, 0.15) is 160 Å². The number of nitriles is 2. The standard InChI is InChI=1S/C43H64N7O8P/c1-4-5-6-7-8-9-10-11-12-13-14-15-16-17-18-19-20-21-22-35(55-34-24-23-33(27-44)47-28-34)29-53-59(51,52)54-31-43(30-45)40-39(56-42(2,3)58-40)38(57-43)36-25-26-37-41(46)48-32-49-50(36)37/h23-26,28,32,35,38-40H,4-22,29,31H2,1-3H3,(H,51,52)(H2,46,48,49)/t35-,38-,39-,40-,43+/m0/s1. The van der Waals surface area contributed by atoms with Gasteiger partial charge in [0.2, 0.25) is 5.60 Å². The number of phosphoric acid groups is 1. The van der Waals surface area contributed by atoms with Gasteiger partial charge >= 0.3 is 7.82 Å². The maximum absolute atomic E-state index is 13.4. The van der Waals surface area contributed by atoms with Crippen LogP contribution < -0.4 is 10.5 Å². The van der Waals surface area contributed by atoms with Crippen LogP contribution in [0.5, 0.6) is 5.75 Å². The fraction of sp³-hybridized carbons (Fsp3) is 0.698. The number of phosphoric ester groups is 1. The van der Waals surface area contributed by atoms with Crippen LogP contribution in [-0.4, -0.2) is 67.4 Å². The molecule has 324 valence electrons. The number of hydrogen-bond donors (Lipinski definition) is 2. The molecule has 15 nitrogen and oxygen atoms in total. The number of nitrogen functional groups attached to an aromatic ring is 1. The number of pyridine rings is 1. The van der Waals surface area contributed by atoms with Crippen LogP contribution in [0.25, 0.3) is 5.52 Å². The Kier molecular flexibility index (Phi) is 17.9. The normalized spacial score (nSPS) is 22.4. The van der Waals surface area contributed by atoms with Crippen molar-refractivity contribution in [3.8, 4) is 17.9 Å². The van der Waals surface area contributed by atoms with Gasteiger partial charge in [0.15, 0.2) is 11.6 Å². The summed E-state index contributed by atoms with van der Waals surface area (Å²) in [5, 5.41) is 24.0. The molecule has 0 radical (unpaired) electrons. The first kappa shape index (κ1) is 46.4. The van der Waals surface area contributed by atoms with E-state index < -0.39 is 50.2 Å². The Morgan fingerprint density at radius 3 is 2.07 bits per heavy atom. The molecule has 59 heavy (non-hydrogen) atoms. The summed E-state index contributed by atoms with van der Waals surface area (Å²) in [6.07, 6.45) is 22.9. The van der Waals surface area contributed by atoms with Crippen molar-refractivity contribution in [3.63, 3.8) is 0 Å². The first-order valence-corrected chi connectivity index (χ1v) is 23.2. The summed E-state index contributed by atoms with van der Waals surface area (Å²) < 4.78 is 50.7. The van der Waals surface area contributed by atoms with E-state index in [2.05, 4.69) is 28.1 Å². The quantitative estimate of drug-likeness (QED) is 0.0516. The van der Waals surface area contributed by atoms with Gasteiger partial charge in [-0.05, 0) is 51.0 Å². The van der Waals surface area contributed by atoms with Crippen LogP contribution in [0.3, 0.4) is 0 Å². The highest BCUT2D eigenvalue weighted by Crippen LogP contribution is 2.52. The third-order valence-corrected chi connectivity index (χ3v) is 12.0. The van der Waals surface area contributed by atoms with E-state index in [1.54, 1.807) is 42.6 Å². The topological polar surface area (TPSA) is 209 Å². The summed E-state index contributed by atoms with van der Waals surface area (Å²) >= 11 is 0. The van der Waals surface area contributed by atoms with E-state index in [4.69, 9.17) is 39.0 Å². The van der Waals surface area contributed by atoms with Gasteiger partial charge in [0.1, 0.15) is 66.4 Å². The molecule has 2 saturated heterocycles. The highest BCUT2D eigenvalue weighted by molar-refractivity contribution is 7.47. The largest absolute Gasteiger partial charge is 0.486 e. The van der Waals surface area contributed by atoms with Crippen molar-refractivity contribution in [1.29, 1.82) is 10.5 Å². The Balaban J connectivity index is 1.07. The number of nitrogens with two attached hydrogens (primary N) is 1. The van der Waals surface area contributed by atoms with Crippen molar-refractivity contribution in [2.45, 2.75) is 179 Å². The van der Waals surface area contributed by atoms with E-state index in [0.717, 1.165) is 19.3 Å². The minimum absolute atomic E-state index is 0.245. The Morgan fingerprint density at radius 2 is 1.49 bits per heavy atom. The molecule has 0 bridgehead atoms. The zero-order chi connectivity index (χ0) is 42.1. The number of anilines is 1. The number of fused-ring (bicyclic) bond motifs is 2. The van der Waals surface area contributed by atoms with Crippen molar-refractivity contribution in [1.82, 2.24) is 19.6 Å². The lowest BCUT2D eigenvalue weighted by molar-refractivity contribution is -0.204. The molecule has 3 N–H and O–H groups in total. The number of rotatable bonds is 28. The summed E-state index contributed by atoms with van der Waals surface area (Å²) in [4.78, 5) is 19.0. The molecule has 5 rings (SSSR count). The lowest BCUT2D eigenvalue weighted by Gasteiger charge is -2.29. The zero-order valence-corrected chi connectivity index (χ0v) is 36.0. The van der Waals surface area contributed by atoms with Gasteiger partial charge in [0.05, 0.1) is 18.5 Å². The second-order valence-electron chi connectivity index (χ2n) is 16.3. The molecular weight excluding hydrogens is 773 g/mol. The van der Waals surface area contributed by atoms with Gasteiger partial charge in [-0.15, -0.1) is 0 Å². The molecule has 0 spiro atoms. The highest BCUT2D eigenvalue weighted by Gasteiger charge is 2.65. The first-order chi connectivity index (χ1) is 28.5. The third kappa shape index (κ3) is 13.7. The first-order valence-electron chi connectivity index (χ1n) is 21.7. The van der Waals surface area contributed by atoms with Gasteiger partial charge in [0.25, 0.3) is 0 Å². The SMILES string of the molecule is CCCCCCCCCCCCCCCCCCCC[C@@H](COP(=O)(O)OC[C@@]1(C#N)O[C@@H](c2ccc3c(N)ncnn23)[C@@H]2OC(C)(C)O[C@@H]21)Oc1ccc(C#N)nc1. The van der Waals surface area contributed by atoms with Crippen LogP contribution >= 0.6 is 7.82 Å². The van der Waals surface area contributed by atoms with Crippen LogP contribution in [0.2, 0.25) is 0 Å². The van der Waals surface area contributed by atoms with Crippen molar-refractivity contribution in [2.75, 3.05) is 18.9 Å². The molecule has 0 aromatic carbocycles. The number of aromatic nitrogens is 4. The molecule has 3 aromatic heterocycles. The predicted molar refractivity (Wildman–Crippen MR) is 222 cm³/mol. The Hall–Kier alpha value is -3.66. The second kappa shape index (κ2) is 22.8. The van der Waals surface area contributed by atoms with Gasteiger partial charge in [0, 0.05) is 0 Å². The molecule has 5 heterocycles. The summed E-state index contributed by atoms with van der Waals surface area (Å²) in [7, 11) is -4.75. The monoisotopic (exact) mass is 837 g/mol. The molecule has 1 unspecified atom stereocenters. The lowest BCUT2D eigenvalue weighted by atomic mass is 9.96. The molecule has 2 fully saturated rings. The van der Waals surface area contributed by atoms with Gasteiger partial charge in [-0.2, -0.15) is 15.6 Å². The summed E-state index contributed by atoms with van der Waals surface area (Å²) in [5.74, 6) is -0.424. The molecule has 2 aliphatic heterocycles. The van der Waals surface area contributed by atoms with E-state index in [0.29, 0.717) is 23.4 Å². The fourth-order valence-corrected chi connectivity index (χ4v) is 8.72. The van der Waals surface area contributed by atoms with E-state index >= 15 is 0 Å². The zero-order valence-electron chi connectivity index (χ0n) is 35.1. The third-order valence-electron chi connectivity index (χ3n) is 11.1. The molecule has 0 saturated carbocycles. The van der Waals surface area contributed by atoms with Crippen LogP contribution in [0.4, 0.5) is 5.82 Å². The maximum atomic E-state index is 13.4. The number of unbranched alkanes of at least 4 members (excludes halogenated alkanes) is 17. The van der Waals surface area contributed by atoms with Crippen molar-refractivity contribution in [3.05, 3.63) is 48.2 Å². The number of nitrogens with zero attached hydrogens (tertiary/aromatic N) is 6.